The molecule has 0 unspecified atom stereocenters. The normalized spacial score (nSPS) is 19.1. The van der Waals surface area contributed by atoms with Crippen LogP contribution in [0.2, 0.25) is 0 Å². The molecule has 1 aliphatic carbocycles. The molecule has 170 valence electrons. The van der Waals surface area contributed by atoms with Crippen LogP contribution in [0, 0.1) is 5.41 Å². The van der Waals surface area contributed by atoms with Gasteiger partial charge in [0.2, 0.25) is 11.8 Å². The fourth-order valence-corrected chi connectivity index (χ4v) is 4.53. The Morgan fingerprint density at radius 1 is 1.00 bits per heavy atom. The average molecular weight is 459 g/mol. The Balaban J connectivity index is 0.00000225. The molecular weight excluding hydrogens is 423 g/mol. The molecule has 1 saturated heterocycles. The first-order chi connectivity index (χ1) is 13.6. The highest BCUT2D eigenvalue weighted by Crippen LogP contribution is 2.38. The number of carbonyl (C=O) groups is 2. The summed E-state index contributed by atoms with van der Waals surface area (Å²) in [6.07, 6.45) is 8.13. The number of para-hydroxylation sites is 1. The number of anilines is 1. The van der Waals surface area contributed by atoms with Gasteiger partial charge in [-0.2, -0.15) is 0 Å². The van der Waals surface area contributed by atoms with E-state index in [2.05, 4.69) is 15.5 Å². The molecule has 2 amide bonds. The standard InChI is InChI=1S/C22H34N4O2.2ClH/c23-17-22(11-5-2-6-12-22)15-20(27)24-19-9-13-26(14-10-19)16-21(28)25-18-7-3-1-4-8-18;;/h1,3-4,7-8,19H,2,5-6,9-17,23H2,(H,24,27)(H,25,28);2*1H. The Bertz CT molecular complexity index is 646. The fourth-order valence-electron chi connectivity index (χ4n) is 4.53. The van der Waals surface area contributed by atoms with Gasteiger partial charge in [-0.05, 0) is 49.8 Å². The largest absolute Gasteiger partial charge is 0.353 e. The SMILES string of the molecule is Cl.Cl.NCC1(CC(=O)NC2CCN(CC(=O)Nc3ccccc3)CC2)CCCCC1. The van der Waals surface area contributed by atoms with Gasteiger partial charge >= 0.3 is 0 Å². The lowest BCUT2D eigenvalue weighted by Crippen LogP contribution is -2.48. The predicted molar refractivity (Wildman–Crippen MR) is 126 cm³/mol. The van der Waals surface area contributed by atoms with Crippen molar-refractivity contribution in [2.45, 2.75) is 57.4 Å². The Hall–Kier alpha value is -1.34. The Morgan fingerprint density at radius 3 is 2.23 bits per heavy atom. The van der Waals surface area contributed by atoms with Crippen LogP contribution in [0.15, 0.2) is 30.3 Å². The minimum absolute atomic E-state index is 0. The number of hydrogen-bond acceptors (Lipinski definition) is 4. The van der Waals surface area contributed by atoms with E-state index in [1.807, 2.05) is 30.3 Å². The van der Waals surface area contributed by atoms with Gasteiger partial charge in [-0.25, -0.2) is 0 Å². The van der Waals surface area contributed by atoms with Gasteiger partial charge in [-0.15, -0.1) is 24.8 Å². The van der Waals surface area contributed by atoms with Crippen LogP contribution < -0.4 is 16.4 Å². The van der Waals surface area contributed by atoms with Crippen LogP contribution in [0.5, 0.6) is 0 Å². The molecule has 0 aromatic heterocycles. The van der Waals surface area contributed by atoms with Gasteiger partial charge in [0.15, 0.2) is 0 Å². The predicted octanol–water partition coefficient (Wildman–Crippen LogP) is 3.35. The Labute approximate surface area is 192 Å². The quantitative estimate of drug-likeness (QED) is 0.584. The first-order valence-corrected chi connectivity index (χ1v) is 10.7. The van der Waals surface area contributed by atoms with Gasteiger partial charge in [0.05, 0.1) is 6.54 Å². The van der Waals surface area contributed by atoms with E-state index in [9.17, 15) is 9.59 Å². The van der Waals surface area contributed by atoms with Gasteiger partial charge in [0.25, 0.3) is 0 Å². The topological polar surface area (TPSA) is 87.5 Å². The molecule has 3 rings (SSSR count). The summed E-state index contributed by atoms with van der Waals surface area (Å²) in [6, 6.07) is 9.73. The van der Waals surface area contributed by atoms with Crippen molar-refractivity contribution in [1.29, 1.82) is 0 Å². The van der Waals surface area contributed by atoms with E-state index < -0.39 is 0 Å². The molecule has 30 heavy (non-hydrogen) atoms. The summed E-state index contributed by atoms with van der Waals surface area (Å²) in [5, 5.41) is 6.14. The second-order valence-electron chi connectivity index (χ2n) is 8.47. The van der Waals surface area contributed by atoms with E-state index >= 15 is 0 Å². The minimum Gasteiger partial charge on any atom is -0.353 e. The van der Waals surface area contributed by atoms with E-state index in [-0.39, 0.29) is 48.1 Å². The number of nitrogens with two attached hydrogens (primary N) is 1. The summed E-state index contributed by atoms with van der Waals surface area (Å²) in [5.41, 5.74) is 6.85. The zero-order chi connectivity index (χ0) is 19.8. The molecule has 6 nitrogen and oxygen atoms in total. The third-order valence-corrected chi connectivity index (χ3v) is 6.26. The van der Waals surface area contributed by atoms with E-state index in [0.29, 0.717) is 19.5 Å². The van der Waals surface area contributed by atoms with E-state index in [0.717, 1.165) is 44.5 Å². The molecule has 1 saturated carbocycles. The monoisotopic (exact) mass is 458 g/mol. The van der Waals surface area contributed by atoms with Gasteiger partial charge < -0.3 is 16.4 Å². The van der Waals surface area contributed by atoms with Crippen LogP contribution >= 0.6 is 24.8 Å². The van der Waals surface area contributed by atoms with Crippen molar-refractivity contribution in [3.05, 3.63) is 30.3 Å². The molecule has 0 atom stereocenters. The maximum atomic E-state index is 12.6. The van der Waals surface area contributed by atoms with Crippen LogP contribution in [0.1, 0.15) is 51.4 Å². The van der Waals surface area contributed by atoms with Gasteiger partial charge in [-0.1, -0.05) is 37.5 Å². The van der Waals surface area contributed by atoms with Crippen molar-refractivity contribution in [2.75, 3.05) is 31.5 Å². The zero-order valence-corrected chi connectivity index (χ0v) is 19.2. The molecule has 2 aliphatic rings. The van der Waals surface area contributed by atoms with E-state index in [4.69, 9.17) is 5.73 Å². The van der Waals surface area contributed by atoms with Gasteiger partial charge in [-0.3, -0.25) is 14.5 Å². The number of piperidine rings is 1. The molecule has 2 fully saturated rings. The minimum atomic E-state index is 0. The van der Waals surface area contributed by atoms with Crippen molar-refractivity contribution in [3.63, 3.8) is 0 Å². The molecule has 1 aromatic rings. The van der Waals surface area contributed by atoms with E-state index in [1.165, 1.54) is 19.3 Å². The summed E-state index contributed by atoms with van der Waals surface area (Å²) < 4.78 is 0. The number of benzene rings is 1. The third-order valence-electron chi connectivity index (χ3n) is 6.26. The highest BCUT2D eigenvalue weighted by atomic mass is 35.5. The molecule has 8 heteroatoms. The second kappa shape index (κ2) is 13.2. The molecular formula is C22H36Cl2N4O2. The summed E-state index contributed by atoms with van der Waals surface area (Å²) in [7, 11) is 0. The Morgan fingerprint density at radius 2 is 1.63 bits per heavy atom. The molecule has 0 spiro atoms. The lowest BCUT2D eigenvalue weighted by atomic mass is 9.71. The van der Waals surface area contributed by atoms with Crippen LogP contribution in [-0.4, -0.2) is 48.9 Å². The maximum absolute atomic E-state index is 12.6. The maximum Gasteiger partial charge on any atom is 0.238 e. The van der Waals surface area contributed by atoms with Crippen LogP contribution in [-0.2, 0) is 9.59 Å². The third kappa shape index (κ3) is 8.06. The zero-order valence-electron chi connectivity index (χ0n) is 17.6. The van der Waals surface area contributed by atoms with Crippen molar-refractivity contribution in [1.82, 2.24) is 10.2 Å². The molecule has 0 bridgehead atoms. The smallest absolute Gasteiger partial charge is 0.238 e. The Kier molecular flexibility index (Phi) is 11.7. The molecule has 0 radical (unpaired) electrons. The molecule has 1 heterocycles. The van der Waals surface area contributed by atoms with E-state index in [1.54, 1.807) is 0 Å². The highest BCUT2D eigenvalue weighted by Gasteiger charge is 2.33. The fraction of sp³-hybridized carbons (Fsp3) is 0.636. The number of rotatable bonds is 7. The number of hydrogen-bond donors (Lipinski definition) is 3. The van der Waals surface area contributed by atoms with Crippen molar-refractivity contribution in [2.24, 2.45) is 11.1 Å². The number of amides is 2. The average Bonchev–Trinajstić information content (AvgIpc) is 2.71. The molecule has 4 N–H and O–H groups in total. The number of nitrogens with one attached hydrogen (secondary N) is 2. The van der Waals surface area contributed by atoms with Crippen molar-refractivity contribution < 1.29 is 9.59 Å². The first kappa shape index (κ1) is 26.7. The number of carbonyl (C=O) groups excluding carboxylic acids is 2. The van der Waals surface area contributed by atoms with Crippen LogP contribution in [0.3, 0.4) is 0 Å². The van der Waals surface area contributed by atoms with Crippen molar-refractivity contribution >= 4 is 42.3 Å². The molecule has 1 aliphatic heterocycles. The second-order valence-corrected chi connectivity index (χ2v) is 8.47. The number of halogens is 2. The van der Waals surface area contributed by atoms with Gasteiger partial charge in [0.1, 0.15) is 0 Å². The summed E-state index contributed by atoms with van der Waals surface area (Å²) in [6.45, 7) is 2.66. The highest BCUT2D eigenvalue weighted by molar-refractivity contribution is 5.92. The number of likely N-dealkylation sites (tertiary alicyclic amines) is 1. The van der Waals surface area contributed by atoms with Crippen LogP contribution in [0.4, 0.5) is 5.69 Å². The lowest BCUT2D eigenvalue weighted by molar-refractivity contribution is -0.125. The molecule has 1 aromatic carbocycles. The van der Waals surface area contributed by atoms with Crippen molar-refractivity contribution in [3.8, 4) is 0 Å². The lowest BCUT2D eigenvalue weighted by Gasteiger charge is -2.37. The summed E-state index contributed by atoms with van der Waals surface area (Å²) >= 11 is 0. The van der Waals surface area contributed by atoms with Crippen LogP contribution in [0.25, 0.3) is 0 Å². The first-order valence-electron chi connectivity index (χ1n) is 10.7. The summed E-state index contributed by atoms with van der Waals surface area (Å²) in [4.78, 5) is 26.9. The van der Waals surface area contributed by atoms with Gasteiger partial charge in [0, 0.05) is 31.2 Å². The number of nitrogens with zero attached hydrogens (tertiary/aromatic N) is 1. The summed E-state index contributed by atoms with van der Waals surface area (Å²) in [5.74, 6) is 0.156.